The van der Waals surface area contributed by atoms with Crippen LogP contribution >= 0.6 is 11.3 Å². The van der Waals surface area contributed by atoms with Gasteiger partial charge in [-0.3, -0.25) is 0 Å². The first-order valence-electron chi connectivity index (χ1n) is 19.8. The van der Waals surface area contributed by atoms with E-state index in [2.05, 4.69) is 214 Å². The highest BCUT2D eigenvalue weighted by atomic mass is 32.1. The van der Waals surface area contributed by atoms with Gasteiger partial charge in [0.15, 0.2) is 0 Å². The minimum Gasteiger partial charge on any atom is -0.309 e. The summed E-state index contributed by atoms with van der Waals surface area (Å²) in [5, 5.41) is 10.1. The van der Waals surface area contributed by atoms with Crippen LogP contribution in [0.4, 0.5) is 0 Å². The van der Waals surface area contributed by atoms with Crippen molar-refractivity contribution in [2.24, 2.45) is 0 Å². The van der Waals surface area contributed by atoms with Crippen molar-refractivity contribution in [3.63, 3.8) is 0 Å². The van der Waals surface area contributed by atoms with Crippen LogP contribution < -0.4 is 0 Å². The van der Waals surface area contributed by atoms with Gasteiger partial charge in [0.25, 0.3) is 0 Å². The van der Waals surface area contributed by atoms with Crippen molar-refractivity contribution < 1.29 is 0 Å². The number of para-hydroxylation sites is 4. The van der Waals surface area contributed by atoms with Gasteiger partial charge in [0.1, 0.15) is 0 Å². The Balaban J connectivity index is 1.02. The van der Waals surface area contributed by atoms with Crippen LogP contribution in [0.15, 0.2) is 200 Å². The number of benzene rings is 9. The summed E-state index contributed by atoms with van der Waals surface area (Å²) in [6, 6.07) is 73.6. The molecule has 0 aliphatic rings. The summed E-state index contributed by atoms with van der Waals surface area (Å²) >= 11 is 1.88. The predicted octanol–water partition coefficient (Wildman–Crippen LogP) is 15.0. The molecule has 0 saturated heterocycles. The molecule has 4 heterocycles. The molecule has 0 spiro atoms. The topological polar surface area (TPSA) is 14.8 Å². The Hall–Kier alpha value is -7.40. The fourth-order valence-corrected chi connectivity index (χ4v) is 10.9. The first-order valence-corrected chi connectivity index (χ1v) is 20.7. The predicted molar refractivity (Wildman–Crippen MR) is 248 cm³/mol. The van der Waals surface area contributed by atoms with E-state index < -0.39 is 0 Å². The highest BCUT2D eigenvalue weighted by Crippen LogP contribution is 2.43. The number of fused-ring (bicyclic) bond motifs is 12. The van der Waals surface area contributed by atoms with Crippen LogP contribution in [-0.2, 0) is 0 Å². The van der Waals surface area contributed by atoms with E-state index in [9.17, 15) is 0 Å². The van der Waals surface area contributed by atoms with Crippen LogP contribution in [-0.4, -0.2) is 13.7 Å². The van der Waals surface area contributed by atoms with Gasteiger partial charge in [-0.1, -0.05) is 121 Å². The molecule has 0 N–H and O–H groups in total. The molecular formula is C54H33N3S. The van der Waals surface area contributed by atoms with Gasteiger partial charge in [-0.25, -0.2) is 0 Å². The average Bonchev–Trinajstić information content (AvgIpc) is 4.02. The second-order valence-electron chi connectivity index (χ2n) is 15.3. The molecule has 270 valence electrons. The number of aromatic nitrogens is 3. The summed E-state index contributed by atoms with van der Waals surface area (Å²) in [4.78, 5) is 0. The molecule has 0 atom stereocenters. The number of nitrogens with zero attached hydrogens (tertiary/aromatic N) is 3. The number of hydrogen-bond acceptors (Lipinski definition) is 1. The van der Waals surface area contributed by atoms with Crippen molar-refractivity contribution in [1.82, 2.24) is 13.7 Å². The van der Waals surface area contributed by atoms with E-state index in [1.54, 1.807) is 0 Å². The first kappa shape index (κ1) is 31.8. The molecule has 58 heavy (non-hydrogen) atoms. The standard InChI is InChI=1S/C54H33N3S/c1-2-13-34(14-3-1)35-25-28-42-53(31-35)58-52-24-12-23-51(54(42)52)57-48-22-11-7-18-41(48)44-33-37(27-30-50(44)57)56-47-21-10-6-17-40(47)43-32-36(26-29-49(43)56)55-45-19-8-4-15-38(45)39-16-5-9-20-46(39)55/h1-33H. The zero-order valence-electron chi connectivity index (χ0n) is 31.3. The summed E-state index contributed by atoms with van der Waals surface area (Å²) in [5.41, 5.74) is 13.3. The third kappa shape index (κ3) is 4.43. The minimum atomic E-state index is 1.15. The van der Waals surface area contributed by atoms with Gasteiger partial charge in [0.05, 0.1) is 38.8 Å². The second kappa shape index (κ2) is 12.1. The number of thiophene rings is 1. The van der Waals surface area contributed by atoms with Crippen molar-refractivity contribution in [2.45, 2.75) is 0 Å². The summed E-state index contributed by atoms with van der Waals surface area (Å²) in [6.07, 6.45) is 0. The Morgan fingerprint density at radius 1 is 0.276 bits per heavy atom. The molecule has 0 amide bonds. The molecule has 3 nitrogen and oxygen atoms in total. The van der Waals surface area contributed by atoms with E-state index in [-0.39, 0.29) is 0 Å². The van der Waals surface area contributed by atoms with Crippen LogP contribution in [0.2, 0.25) is 0 Å². The van der Waals surface area contributed by atoms with Gasteiger partial charge in [-0.2, -0.15) is 0 Å². The highest BCUT2D eigenvalue weighted by molar-refractivity contribution is 7.26. The fourth-order valence-electron chi connectivity index (χ4n) is 9.74. The SMILES string of the molecule is c1ccc(-c2ccc3c(c2)sc2cccc(-n4c5ccccc5c5cc(-n6c7ccccc7c7cc(-n8c9ccccc9c9ccccc98)ccc76)ccc54)c23)cc1. The highest BCUT2D eigenvalue weighted by Gasteiger charge is 2.20. The average molecular weight is 756 g/mol. The maximum atomic E-state index is 2.48. The molecule has 0 aliphatic heterocycles. The lowest BCUT2D eigenvalue weighted by molar-refractivity contribution is 1.16. The van der Waals surface area contributed by atoms with Gasteiger partial charge in [0.2, 0.25) is 0 Å². The molecule has 0 radical (unpaired) electrons. The molecule has 4 heteroatoms. The van der Waals surface area contributed by atoms with Gasteiger partial charge in [0, 0.05) is 63.9 Å². The first-order chi connectivity index (χ1) is 28.8. The summed E-state index contributed by atoms with van der Waals surface area (Å²) < 4.78 is 9.95. The monoisotopic (exact) mass is 755 g/mol. The Kier molecular flexibility index (Phi) is 6.60. The van der Waals surface area contributed by atoms with Gasteiger partial charge < -0.3 is 13.7 Å². The molecule has 4 aromatic heterocycles. The van der Waals surface area contributed by atoms with Crippen LogP contribution in [0, 0.1) is 0 Å². The summed E-state index contributed by atoms with van der Waals surface area (Å²) in [5.74, 6) is 0. The smallest absolute Gasteiger partial charge is 0.0555 e. The van der Waals surface area contributed by atoms with E-state index in [0.29, 0.717) is 0 Å². The molecule has 0 fully saturated rings. The van der Waals surface area contributed by atoms with Crippen molar-refractivity contribution in [3.05, 3.63) is 200 Å². The quantitative estimate of drug-likeness (QED) is 0.170. The van der Waals surface area contributed by atoms with Crippen LogP contribution in [0.1, 0.15) is 0 Å². The largest absolute Gasteiger partial charge is 0.309 e. The Morgan fingerprint density at radius 3 is 1.34 bits per heavy atom. The van der Waals surface area contributed by atoms with Crippen molar-refractivity contribution >= 4 is 96.9 Å². The van der Waals surface area contributed by atoms with Crippen molar-refractivity contribution in [2.75, 3.05) is 0 Å². The van der Waals surface area contributed by atoms with E-state index in [1.807, 2.05) is 11.3 Å². The Labute approximate surface area is 337 Å². The molecule has 13 aromatic rings. The number of rotatable bonds is 4. The van der Waals surface area contributed by atoms with E-state index in [0.717, 1.165) is 11.4 Å². The lowest BCUT2D eigenvalue weighted by Gasteiger charge is -2.12. The van der Waals surface area contributed by atoms with E-state index in [1.165, 1.54) is 102 Å². The molecule has 0 unspecified atom stereocenters. The molecular weight excluding hydrogens is 723 g/mol. The minimum absolute atomic E-state index is 1.15. The molecule has 0 saturated carbocycles. The zero-order valence-corrected chi connectivity index (χ0v) is 32.1. The summed E-state index contributed by atoms with van der Waals surface area (Å²) in [6.45, 7) is 0. The lowest BCUT2D eigenvalue weighted by atomic mass is 10.0. The third-order valence-corrected chi connectivity index (χ3v) is 13.3. The molecule has 13 rings (SSSR count). The maximum Gasteiger partial charge on any atom is 0.0555 e. The Morgan fingerprint density at radius 2 is 0.759 bits per heavy atom. The second-order valence-corrected chi connectivity index (χ2v) is 16.4. The fraction of sp³-hybridized carbons (Fsp3) is 0. The lowest BCUT2D eigenvalue weighted by Crippen LogP contribution is -1.97. The van der Waals surface area contributed by atoms with E-state index >= 15 is 0 Å². The van der Waals surface area contributed by atoms with Gasteiger partial charge >= 0.3 is 0 Å². The third-order valence-electron chi connectivity index (χ3n) is 12.2. The van der Waals surface area contributed by atoms with Crippen molar-refractivity contribution in [3.8, 4) is 28.2 Å². The van der Waals surface area contributed by atoms with Gasteiger partial charge in [-0.05, 0) is 90.0 Å². The van der Waals surface area contributed by atoms with Crippen LogP contribution in [0.5, 0.6) is 0 Å². The van der Waals surface area contributed by atoms with Crippen molar-refractivity contribution in [1.29, 1.82) is 0 Å². The molecule has 9 aromatic carbocycles. The van der Waals surface area contributed by atoms with Crippen LogP contribution in [0.3, 0.4) is 0 Å². The summed E-state index contributed by atoms with van der Waals surface area (Å²) in [7, 11) is 0. The Bertz CT molecular complexity index is 3750. The molecule has 0 aliphatic carbocycles. The molecule has 0 bridgehead atoms. The van der Waals surface area contributed by atoms with Gasteiger partial charge in [-0.15, -0.1) is 11.3 Å². The maximum absolute atomic E-state index is 2.48. The zero-order chi connectivity index (χ0) is 37.9. The van der Waals surface area contributed by atoms with Crippen LogP contribution in [0.25, 0.3) is 114 Å². The normalized spacial score (nSPS) is 12.1. The van der Waals surface area contributed by atoms with E-state index in [4.69, 9.17) is 0 Å². The number of hydrogen-bond donors (Lipinski definition) is 0.